The van der Waals surface area contributed by atoms with Gasteiger partial charge in [0.05, 0.1) is 11.6 Å². The van der Waals surface area contributed by atoms with E-state index in [2.05, 4.69) is 22.1 Å². The molecular formula is C14H13N3S. The van der Waals surface area contributed by atoms with Crippen molar-refractivity contribution < 1.29 is 0 Å². The highest BCUT2D eigenvalue weighted by Crippen LogP contribution is 2.39. The van der Waals surface area contributed by atoms with Gasteiger partial charge in [-0.05, 0) is 18.9 Å². The fraction of sp³-hybridized carbons (Fsp3) is 0.357. The fourth-order valence-electron chi connectivity index (χ4n) is 1.89. The summed E-state index contributed by atoms with van der Waals surface area (Å²) in [7, 11) is 0. The molecule has 3 nitrogen and oxygen atoms in total. The second kappa shape index (κ2) is 4.95. The Morgan fingerprint density at radius 3 is 2.89 bits per heavy atom. The molecule has 0 N–H and O–H groups in total. The number of hydrogen-bond acceptors (Lipinski definition) is 4. The van der Waals surface area contributed by atoms with Gasteiger partial charge in [0, 0.05) is 23.5 Å². The van der Waals surface area contributed by atoms with Crippen LogP contribution in [0, 0.1) is 11.3 Å². The molecule has 0 bridgehead atoms. The zero-order chi connectivity index (χ0) is 12.4. The van der Waals surface area contributed by atoms with Gasteiger partial charge in [-0.1, -0.05) is 18.2 Å². The van der Waals surface area contributed by atoms with Crippen LogP contribution in [0.1, 0.15) is 31.0 Å². The van der Waals surface area contributed by atoms with E-state index in [1.54, 1.807) is 11.8 Å². The molecule has 1 aliphatic rings. The number of rotatable bonds is 4. The second-order valence-corrected chi connectivity index (χ2v) is 5.52. The molecule has 0 unspecified atom stereocenters. The highest BCUT2D eigenvalue weighted by Gasteiger charge is 2.27. The lowest BCUT2D eigenvalue weighted by atomic mass is 10.2. The maximum atomic E-state index is 8.61. The summed E-state index contributed by atoms with van der Waals surface area (Å²) in [6.07, 6.45) is 2.98. The normalized spacial score (nSPS) is 14.6. The predicted molar refractivity (Wildman–Crippen MR) is 72.5 cm³/mol. The summed E-state index contributed by atoms with van der Waals surface area (Å²) in [6.45, 7) is 0. The van der Waals surface area contributed by atoms with E-state index in [4.69, 9.17) is 5.26 Å². The highest BCUT2D eigenvalue weighted by molar-refractivity contribution is 7.99. The number of hydrogen-bond donors (Lipinski definition) is 0. The third-order valence-corrected chi connectivity index (χ3v) is 3.97. The van der Waals surface area contributed by atoms with Crippen molar-refractivity contribution in [2.75, 3.05) is 5.75 Å². The fourth-order valence-corrected chi connectivity index (χ4v) is 2.77. The Bertz CT molecular complexity index is 614. The van der Waals surface area contributed by atoms with Gasteiger partial charge in [-0.3, -0.25) is 0 Å². The predicted octanol–water partition coefficient (Wildman–Crippen LogP) is 3.51. The van der Waals surface area contributed by atoms with E-state index in [9.17, 15) is 0 Å². The molecule has 1 saturated carbocycles. The van der Waals surface area contributed by atoms with Crippen LogP contribution in [0.4, 0.5) is 0 Å². The molecule has 0 amide bonds. The molecule has 90 valence electrons. The van der Waals surface area contributed by atoms with Gasteiger partial charge >= 0.3 is 0 Å². The first-order valence-corrected chi connectivity index (χ1v) is 7.13. The monoisotopic (exact) mass is 255 g/mol. The number of nitrogens with zero attached hydrogens (tertiary/aromatic N) is 3. The topological polar surface area (TPSA) is 49.6 Å². The maximum absolute atomic E-state index is 8.61. The molecule has 18 heavy (non-hydrogen) atoms. The summed E-state index contributed by atoms with van der Waals surface area (Å²) in [5, 5.41) is 10.7. The lowest BCUT2D eigenvalue weighted by Gasteiger charge is -2.06. The van der Waals surface area contributed by atoms with E-state index < -0.39 is 0 Å². The Labute approximate surface area is 110 Å². The molecular weight excluding hydrogens is 242 g/mol. The van der Waals surface area contributed by atoms with Crippen molar-refractivity contribution in [3.63, 3.8) is 0 Å². The van der Waals surface area contributed by atoms with Gasteiger partial charge in [-0.25, -0.2) is 9.97 Å². The standard InChI is InChI=1S/C14H13N3S/c15-8-3-9-18-14-11-4-1-2-5-12(11)16-13(17-14)10-6-7-10/h1-2,4-5,10H,3,6-7,9H2. The third-order valence-electron chi connectivity index (χ3n) is 2.98. The molecule has 0 atom stereocenters. The molecule has 1 aliphatic carbocycles. The van der Waals surface area contributed by atoms with Crippen molar-refractivity contribution in [2.45, 2.75) is 30.2 Å². The maximum Gasteiger partial charge on any atom is 0.133 e. The van der Waals surface area contributed by atoms with Crippen LogP contribution in [-0.2, 0) is 0 Å². The number of thioether (sulfide) groups is 1. The minimum atomic E-state index is 0.557. The molecule has 1 fully saturated rings. The number of aromatic nitrogens is 2. The summed E-state index contributed by atoms with van der Waals surface area (Å²) >= 11 is 1.66. The van der Waals surface area contributed by atoms with E-state index >= 15 is 0 Å². The van der Waals surface area contributed by atoms with Gasteiger partial charge in [0.1, 0.15) is 10.9 Å². The number of nitriles is 1. The zero-order valence-corrected chi connectivity index (χ0v) is 10.8. The third kappa shape index (κ3) is 2.32. The Balaban J connectivity index is 2.00. The molecule has 3 rings (SSSR count). The molecule has 0 saturated heterocycles. The Morgan fingerprint density at radius 1 is 1.28 bits per heavy atom. The number of para-hydroxylation sites is 1. The summed E-state index contributed by atoms with van der Waals surface area (Å²) in [6, 6.07) is 10.3. The van der Waals surface area contributed by atoms with Gasteiger partial charge in [0.2, 0.25) is 0 Å². The van der Waals surface area contributed by atoms with Gasteiger partial charge in [-0.2, -0.15) is 5.26 Å². The van der Waals surface area contributed by atoms with Crippen molar-refractivity contribution in [2.24, 2.45) is 0 Å². The van der Waals surface area contributed by atoms with Crippen LogP contribution in [-0.4, -0.2) is 15.7 Å². The van der Waals surface area contributed by atoms with Crippen LogP contribution in [0.3, 0.4) is 0 Å². The van der Waals surface area contributed by atoms with Crippen LogP contribution in [0.15, 0.2) is 29.3 Å². The Kier molecular flexibility index (Phi) is 3.16. The summed E-state index contributed by atoms with van der Waals surface area (Å²) in [5.74, 6) is 2.33. The van der Waals surface area contributed by atoms with Crippen LogP contribution < -0.4 is 0 Å². The molecule has 0 aliphatic heterocycles. The van der Waals surface area contributed by atoms with Crippen molar-refractivity contribution >= 4 is 22.7 Å². The SMILES string of the molecule is N#CCCSc1nc(C2CC2)nc2ccccc12. The summed E-state index contributed by atoms with van der Waals surface area (Å²) in [4.78, 5) is 9.31. The first-order valence-electron chi connectivity index (χ1n) is 6.15. The van der Waals surface area contributed by atoms with Crippen molar-refractivity contribution in [3.05, 3.63) is 30.1 Å². The molecule has 1 aromatic carbocycles. The molecule has 2 aromatic rings. The first kappa shape index (κ1) is 11.5. The van der Waals surface area contributed by atoms with Crippen LogP contribution in [0.25, 0.3) is 10.9 Å². The van der Waals surface area contributed by atoms with Gasteiger partial charge < -0.3 is 0 Å². The summed E-state index contributed by atoms with van der Waals surface area (Å²) < 4.78 is 0. The van der Waals surface area contributed by atoms with Crippen LogP contribution in [0.5, 0.6) is 0 Å². The smallest absolute Gasteiger partial charge is 0.133 e. The number of benzene rings is 1. The first-order chi connectivity index (χ1) is 8.88. The van der Waals surface area contributed by atoms with Crippen LogP contribution >= 0.6 is 11.8 Å². The largest absolute Gasteiger partial charge is 0.233 e. The molecule has 0 radical (unpaired) electrons. The Hall–Kier alpha value is -1.60. The van der Waals surface area contributed by atoms with Gasteiger partial charge in [0.25, 0.3) is 0 Å². The van der Waals surface area contributed by atoms with Crippen molar-refractivity contribution in [3.8, 4) is 6.07 Å². The molecule has 4 heteroatoms. The van der Waals surface area contributed by atoms with Gasteiger partial charge in [-0.15, -0.1) is 11.8 Å². The quantitative estimate of drug-likeness (QED) is 0.476. The molecule has 0 spiro atoms. The zero-order valence-electron chi connectivity index (χ0n) is 9.97. The summed E-state index contributed by atoms with van der Waals surface area (Å²) in [5.41, 5.74) is 1.02. The number of fused-ring (bicyclic) bond motifs is 1. The highest BCUT2D eigenvalue weighted by atomic mass is 32.2. The molecule has 1 aromatic heterocycles. The lowest BCUT2D eigenvalue weighted by Crippen LogP contribution is -1.96. The van der Waals surface area contributed by atoms with Gasteiger partial charge in [0.15, 0.2) is 0 Å². The lowest BCUT2D eigenvalue weighted by molar-refractivity contribution is 0.904. The average molecular weight is 255 g/mol. The molecule has 1 heterocycles. The van der Waals surface area contributed by atoms with E-state index in [-0.39, 0.29) is 0 Å². The van der Waals surface area contributed by atoms with E-state index in [0.29, 0.717) is 12.3 Å². The van der Waals surface area contributed by atoms with Crippen molar-refractivity contribution in [1.29, 1.82) is 5.26 Å². The average Bonchev–Trinajstić information content (AvgIpc) is 3.23. The van der Waals surface area contributed by atoms with Crippen LogP contribution in [0.2, 0.25) is 0 Å². The van der Waals surface area contributed by atoms with E-state index in [0.717, 1.165) is 27.5 Å². The van der Waals surface area contributed by atoms with E-state index in [1.807, 2.05) is 18.2 Å². The Morgan fingerprint density at radius 2 is 2.11 bits per heavy atom. The second-order valence-electron chi connectivity index (χ2n) is 4.43. The minimum Gasteiger partial charge on any atom is -0.233 e. The van der Waals surface area contributed by atoms with Crippen molar-refractivity contribution in [1.82, 2.24) is 9.97 Å². The minimum absolute atomic E-state index is 0.557. The van der Waals surface area contributed by atoms with E-state index in [1.165, 1.54) is 12.8 Å².